The van der Waals surface area contributed by atoms with Crippen LogP contribution in [-0.4, -0.2) is 31.6 Å². The summed E-state index contributed by atoms with van der Waals surface area (Å²) in [5, 5.41) is 11.0. The maximum Gasteiger partial charge on any atom is 1.00 e. The number of hydrogen-bond acceptors (Lipinski definition) is 6. The van der Waals surface area contributed by atoms with Crippen LogP contribution >= 0.6 is 0 Å². The van der Waals surface area contributed by atoms with Crippen molar-refractivity contribution in [2.24, 2.45) is 17.8 Å². The van der Waals surface area contributed by atoms with Crippen molar-refractivity contribution in [1.82, 2.24) is 0 Å². The first kappa shape index (κ1) is 31.0. The van der Waals surface area contributed by atoms with E-state index in [1.807, 2.05) is 27.7 Å². The second-order valence-corrected chi connectivity index (χ2v) is 9.80. The minimum atomic E-state index is -1.15. The standard InChI is InChI=1S/C28H38O6.Na/c1-18(2)15-32-23-9-10-24(26(14-23)34-17-20(5)6)28(31)22-7-11-25(33-16-19(3)4)21(13-22)8-12-27(29)30;/h7,9-11,13-14,18-20H,8,12,15-17H2,1-6H3,(H,29,30);/q;+1/p-1. The van der Waals surface area contributed by atoms with Crippen LogP contribution in [0.1, 0.15) is 69.4 Å². The van der Waals surface area contributed by atoms with Crippen molar-refractivity contribution in [1.29, 1.82) is 0 Å². The molecule has 0 bridgehead atoms. The molecule has 2 aromatic carbocycles. The number of aliphatic carboxylic acids is 1. The Morgan fingerprint density at radius 3 is 1.91 bits per heavy atom. The van der Waals surface area contributed by atoms with Crippen molar-refractivity contribution in [2.75, 3.05) is 19.8 Å². The minimum absolute atomic E-state index is 0. The van der Waals surface area contributed by atoms with E-state index < -0.39 is 5.97 Å². The molecule has 0 unspecified atom stereocenters. The molecule has 2 rings (SSSR count). The summed E-state index contributed by atoms with van der Waals surface area (Å²) in [6.45, 7) is 13.8. The fourth-order valence-electron chi connectivity index (χ4n) is 3.12. The van der Waals surface area contributed by atoms with Gasteiger partial charge in [0.15, 0.2) is 5.78 Å². The largest absolute Gasteiger partial charge is 1.00 e. The molecule has 0 saturated heterocycles. The third-order valence-electron chi connectivity index (χ3n) is 4.85. The maximum absolute atomic E-state index is 13.5. The zero-order chi connectivity index (χ0) is 25.3. The van der Waals surface area contributed by atoms with Crippen LogP contribution in [0.2, 0.25) is 0 Å². The molecule has 0 aliphatic carbocycles. The SMILES string of the molecule is CC(C)COc1ccc(C(=O)c2ccc(OCC(C)C)c(CCC(=O)[O-])c2)c(OCC(C)C)c1.[Na+]. The van der Waals surface area contributed by atoms with Crippen molar-refractivity contribution in [2.45, 2.75) is 54.4 Å². The molecule has 35 heavy (non-hydrogen) atoms. The molecule has 0 atom stereocenters. The molecule has 0 aromatic heterocycles. The number of hydrogen-bond donors (Lipinski definition) is 0. The quantitative estimate of drug-likeness (QED) is 0.295. The fourth-order valence-corrected chi connectivity index (χ4v) is 3.12. The Labute approximate surface area is 231 Å². The number of ketones is 1. The van der Waals surface area contributed by atoms with E-state index >= 15 is 0 Å². The Morgan fingerprint density at radius 1 is 0.771 bits per heavy atom. The predicted octanol–water partition coefficient (Wildman–Crippen LogP) is 1.71. The van der Waals surface area contributed by atoms with E-state index in [-0.39, 0.29) is 54.1 Å². The van der Waals surface area contributed by atoms with Gasteiger partial charge in [-0.15, -0.1) is 0 Å². The van der Waals surface area contributed by atoms with Crippen molar-refractivity contribution >= 4 is 11.8 Å². The van der Waals surface area contributed by atoms with Crippen LogP contribution in [0.5, 0.6) is 17.2 Å². The van der Waals surface area contributed by atoms with E-state index in [1.54, 1.807) is 36.4 Å². The van der Waals surface area contributed by atoms with Gasteiger partial charge >= 0.3 is 29.6 Å². The summed E-state index contributed by atoms with van der Waals surface area (Å²) < 4.78 is 17.7. The van der Waals surface area contributed by atoms with Crippen LogP contribution in [0.25, 0.3) is 0 Å². The summed E-state index contributed by atoms with van der Waals surface area (Å²) in [5.41, 5.74) is 1.53. The molecule has 186 valence electrons. The van der Waals surface area contributed by atoms with Gasteiger partial charge in [-0.3, -0.25) is 4.79 Å². The summed E-state index contributed by atoms with van der Waals surface area (Å²) in [7, 11) is 0. The predicted molar refractivity (Wildman–Crippen MR) is 131 cm³/mol. The summed E-state index contributed by atoms with van der Waals surface area (Å²) >= 11 is 0. The molecule has 6 nitrogen and oxygen atoms in total. The molecular weight excluding hydrogens is 455 g/mol. The molecule has 7 heteroatoms. The summed E-state index contributed by atoms with van der Waals surface area (Å²) in [6, 6.07) is 10.4. The van der Waals surface area contributed by atoms with Gasteiger partial charge in [0, 0.05) is 17.6 Å². The molecule has 2 aromatic rings. The Kier molecular flexibility index (Phi) is 13.4. The van der Waals surface area contributed by atoms with Crippen molar-refractivity contribution < 1.29 is 58.5 Å². The number of aryl methyl sites for hydroxylation is 1. The Balaban J connectivity index is 0.00000612. The number of carbonyl (C=O) groups excluding carboxylic acids is 2. The fraction of sp³-hybridized carbons (Fsp3) is 0.500. The first-order chi connectivity index (χ1) is 16.1. The van der Waals surface area contributed by atoms with Gasteiger partial charge in [0.1, 0.15) is 17.2 Å². The molecule has 0 N–H and O–H groups in total. The third-order valence-corrected chi connectivity index (χ3v) is 4.85. The molecule has 0 aliphatic rings. The molecule has 0 amide bonds. The Bertz CT molecular complexity index is 968. The zero-order valence-electron chi connectivity index (χ0n) is 22.2. The summed E-state index contributed by atoms with van der Waals surface area (Å²) in [5.74, 6) is 1.32. The third kappa shape index (κ3) is 10.6. The van der Waals surface area contributed by atoms with Crippen LogP contribution in [0, 0.1) is 17.8 Å². The molecule has 0 aliphatic heterocycles. The second kappa shape index (κ2) is 15.2. The van der Waals surface area contributed by atoms with Gasteiger partial charge in [0.25, 0.3) is 0 Å². The van der Waals surface area contributed by atoms with E-state index in [4.69, 9.17) is 14.2 Å². The molecule has 0 radical (unpaired) electrons. The maximum atomic E-state index is 13.5. The van der Waals surface area contributed by atoms with E-state index in [9.17, 15) is 14.7 Å². The summed E-state index contributed by atoms with van der Waals surface area (Å²) in [6.07, 6.45) is 0.0654. The van der Waals surface area contributed by atoms with Crippen molar-refractivity contribution in [3.8, 4) is 17.2 Å². The molecule has 0 spiro atoms. The van der Waals surface area contributed by atoms with Crippen LogP contribution in [0.15, 0.2) is 36.4 Å². The average molecular weight is 493 g/mol. The van der Waals surface area contributed by atoms with Crippen molar-refractivity contribution in [3.05, 3.63) is 53.1 Å². The van der Waals surface area contributed by atoms with Crippen LogP contribution < -0.4 is 48.9 Å². The number of benzene rings is 2. The van der Waals surface area contributed by atoms with Crippen LogP contribution in [0.3, 0.4) is 0 Å². The zero-order valence-corrected chi connectivity index (χ0v) is 24.2. The first-order valence-electron chi connectivity index (χ1n) is 12.0. The van der Waals surface area contributed by atoms with Crippen LogP contribution in [-0.2, 0) is 11.2 Å². The molecule has 0 saturated carbocycles. The number of ether oxygens (including phenoxy) is 3. The average Bonchev–Trinajstić information content (AvgIpc) is 2.78. The van der Waals surface area contributed by atoms with Gasteiger partial charge < -0.3 is 24.1 Å². The number of rotatable bonds is 14. The van der Waals surface area contributed by atoms with E-state index in [0.717, 1.165) is 0 Å². The second-order valence-electron chi connectivity index (χ2n) is 9.80. The number of carbonyl (C=O) groups is 2. The summed E-state index contributed by atoms with van der Waals surface area (Å²) in [4.78, 5) is 24.5. The molecule has 0 heterocycles. The minimum Gasteiger partial charge on any atom is -0.550 e. The van der Waals surface area contributed by atoms with E-state index in [1.165, 1.54) is 0 Å². The molecular formula is C28H37NaO6. The van der Waals surface area contributed by atoms with Crippen LogP contribution in [0.4, 0.5) is 0 Å². The van der Waals surface area contributed by atoms with Gasteiger partial charge in [0.05, 0.1) is 25.4 Å². The number of carboxylic acids is 1. The van der Waals surface area contributed by atoms with Crippen molar-refractivity contribution in [3.63, 3.8) is 0 Å². The Hall–Kier alpha value is -2.02. The van der Waals surface area contributed by atoms with Gasteiger partial charge in [-0.2, -0.15) is 0 Å². The topological polar surface area (TPSA) is 84.9 Å². The van der Waals surface area contributed by atoms with Gasteiger partial charge in [0.2, 0.25) is 0 Å². The monoisotopic (exact) mass is 492 g/mol. The normalized spacial score (nSPS) is 10.9. The van der Waals surface area contributed by atoms with E-state index in [0.29, 0.717) is 65.6 Å². The van der Waals surface area contributed by atoms with Gasteiger partial charge in [-0.1, -0.05) is 41.5 Å². The van der Waals surface area contributed by atoms with E-state index in [2.05, 4.69) is 13.8 Å². The first-order valence-corrected chi connectivity index (χ1v) is 12.0. The molecule has 0 fully saturated rings. The smallest absolute Gasteiger partial charge is 0.550 e. The Morgan fingerprint density at radius 2 is 1.34 bits per heavy atom. The van der Waals surface area contributed by atoms with Gasteiger partial charge in [-0.05, 0) is 66.5 Å². The van der Waals surface area contributed by atoms with Gasteiger partial charge in [-0.25, -0.2) is 0 Å². The number of carboxylic acid groups (broad SMARTS) is 1.